The van der Waals surface area contributed by atoms with Crippen LogP contribution in [0.1, 0.15) is 23.6 Å². The van der Waals surface area contributed by atoms with Crippen LogP contribution in [0, 0.1) is 6.92 Å². The van der Waals surface area contributed by atoms with E-state index in [-0.39, 0.29) is 0 Å². The van der Waals surface area contributed by atoms with Crippen molar-refractivity contribution in [1.29, 1.82) is 0 Å². The van der Waals surface area contributed by atoms with Crippen LogP contribution in [0.15, 0.2) is 72.8 Å². The van der Waals surface area contributed by atoms with E-state index in [1.54, 1.807) is 0 Å². The summed E-state index contributed by atoms with van der Waals surface area (Å²) in [6.07, 6.45) is 1.04. The van der Waals surface area contributed by atoms with Gasteiger partial charge in [-0.3, -0.25) is 0 Å². The second kappa shape index (κ2) is 9.67. The Bertz CT molecular complexity index is 846. The molecule has 0 atom stereocenters. The average Bonchev–Trinajstić information content (AvgIpc) is 2.72. The van der Waals surface area contributed by atoms with Gasteiger partial charge < -0.3 is 15.4 Å². The Morgan fingerprint density at radius 3 is 2.33 bits per heavy atom. The average molecular weight is 361 g/mol. The van der Waals surface area contributed by atoms with Crippen LogP contribution in [0.4, 0.5) is 11.4 Å². The number of ether oxygens (including phenoxy) is 1. The molecular weight excluding hydrogens is 332 g/mol. The molecule has 0 amide bonds. The standard InChI is InChI=1S/C24H28N2O/c1-3-21-13-9-10-19(2)24(21)26-17-16-25-22-14-7-8-15-23(22)27-18-20-11-5-4-6-12-20/h4-15,25-26H,3,16-18H2,1-2H3. The number of nitrogens with one attached hydrogen (secondary N) is 2. The highest BCUT2D eigenvalue weighted by Gasteiger charge is 2.05. The first-order valence-corrected chi connectivity index (χ1v) is 9.60. The Kier molecular flexibility index (Phi) is 6.75. The SMILES string of the molecule is CCc1cccc(C)c1NCCNc1ccccc1OCc1ccccc1. The number of hydrogen-bond acceptors (Lipinski definition) is 3. The van der Waals surface area contributed by atoms with Gasteiger partial charge in [0, 0.05) is 18.8 Å². The maximum Gasteiger partial charge on any atom is 0.142 e. The van der Waals surface area contributed by atoms with Crippen molar-refractivity contribution >= 4 is 11.4 Å². The van der Waals surface area contributed by atoms with Crippen molar-refractivity contribution in [3.8, 4) is 5.75 Å². The summed E-state index contributed by atoms with van der Waals surface area (Å²) in [6.45, 7) is 6.59. The van der Waals surface area contributed by atoms with Crippen molar-refractivity contribution < 1.29 is 4.74 Å². The van der Waals surface area contributed by atoms with Gasteiger partial charge in [0.05, 0.1) is 5.69 Å². The molecule has 3 rings (SSSR count). The third-order valence-electron chi connectivity index (χ3n) is 4.61. The minimum Gasteiger partial charge on any atom is -0.487 e. The lowest BCUT2D eigenvalue weighted by Crippen LogP contribution is -2.15. The molecule has 0 aromatic heterocycles. The van der Waals surface area contributed by atoms with Gasteiger partial charge in [0.15, 0.2) is 0 Å². The summed E-state index contributed by atoms with van der Waals surface area (Å²) in [6, 6.07) is 24.8. The fraction of sp³-hybridized carbons (Fsp3) is 0.250. The van der Waals surface area contributed by atoms with Gasteiger partial charge in [-0.1, -0.05) is 67.6 Å². The molecule has 3 aromatic rings. The Labute approximate surface area is 162 Å². The van der Waals surface area contributed by atoms with Crippen molar-refractivity contribution in [1.82, 2.24) is 0 Å². The zero-order chi connectivity index (χ0) is 18.9. The first-order valence-electron chi connectivity index (χ1n) is 9.60. The molecule has 0 saturated heterocycles. The van der Waals surface area contributed by atoms with E-state index in [1.807, 2.05) is 36.4 Å². The number of aryl methyl sites for hydroxylation is 2. The van der Waals surface area contributed by atoms with Crippen molar-refractivity contribution in [2.45, 2.75) is 26.9 Å². The van der Waals surface area contributed by atoms with E-state index >= 15 is 0 Å². The van der Waals surface area contributed by atoms with Crippen LogP contribution in [-0.2, 0) is 13.0 Å². The highest BCUT2D eigenvalue weighted by molar-refractivity contribution is 5.58. The lowest BCUT2D eigenvalue weighted by molar-refractivity contribution is 0.307. The predicted molar refractivity (Wildman–Crippen MR) is 115 cm³/mol. The van der Waals surface area contributed by atoms with Gasteiger partial charge in [0.1, 0.15) is 12.4 Å². The first-order chi connectivity index (χ1) is 13.3. The smallest absolute Gasteiger partial charge is 0.142 e. The minimum atomic E-state index is 0.570. The molecule has 0 radical (unpaired) electrons. The Hall–Kier alpha value is -2.94. The van der Waals surface area contributed by atoms with E-state index in [4.69, 9.17) is 4.74 Å². The molecule has 0 fully saturated rings. The van der Waals surface area contributed by atoms with Crippen LogP contribution in [0.25, 0.3) is 0 Å². The molecule has 0 bridgehead atoms. The number of para-hydroxylation sites is 3. The zero-order valence-electron chi connectivity index (χ0n) is 16.2. The molecule has 0 aliphatic carbocycles. The van der Waals surface area contributed by atoms with Crippen LogP contribution in [0.5, 0.6) is 5.75 Å². The fourth-order valence-corrected chi connectivity index (χ4v) is 3.13. The molecule has 0 unspecified atom stereocenters. The molecule has 0 saturated carbocycles. The zero-order valence-corrected chi connectivity index (χ0v) is 16.2. The van der Waals surface area contributed by atoms with E-state index in [2.05, 4.69) is 60.9 Å². The second-order valence-corrected chi connectivity index (χ2v) is 6.59. The van der Waals surface area contributed by atoms with Crippen LogP contribution >= 0.6 is 0 Å². The normalized spacial score (nSPS) is 10.4. The van der Waals surface area contributed by atoms with Crippen molar-refractivity contribution in [2.75, 3.05) is 23.7 Å². The number of benzene rings is 3. The molecule has 3 nitrogen and oxygen atoms in total. The third kappa shape index (κ3) is 5.27. The summed E-state index contributed by atoms with van der Waals surface area (Å²) in [5, 5.41) is 7.07. The lowest BCUT2D eigenvalue weighted by Gasteiger charge is -2.16. The Balaban J connectivity index is 1.54. The molecule has 140 valence electrons. The van der Waals surface area contributed by atoms with Crippen LogP contribution < -0.4 is 15.4 Å². The maximum atomic E-state index is 6.01. The molecule has 2 N–H and O–H groups in total. The predicted octanol–water partition coefficient (Wildman–Crippen LogP) is 5.66. The highest BCUT2D eigenvalue weighted by Crippen LogP contribution is 2.25. The van der Waals surface area contributed by atoms with Crippen molar-refractivity contribution in [2.24, 2.45) is 0 Å². The second-order valence-electron chi connectivity index (χ2n) is 6.59. The molecule has 0 spiro atoms. The minimum absolute atomic E-state index is 0.570. The van der Waals surface area contributed by atoms with Gasteiger partial charge in [-0.15, -0.1) is 0 Å². The van der Waals surface area contributed by atoms with Gasteiger partial charge in [0.25, 0.3) is 0 Å². The summed E-state index contributed by atoms with van der Waals surface area (Å²) < 4.78 is 6.01. The summed E-state index contributed by atoms with van der Waals surface area (Å²) in [4.78, 5) is 0. The fourth-order valence-electron chi connectivity index (χ4n) is 3.13. The van der Waals surface area contributed by atoms with Gasteiger partial charge in [-0.25, -0.2) is 0 Å². The van der Waals surface area contributed by atoms with E-state index in [0.717, 1.165) is 30.9 Å². The van der Waals surface area contributed by atoms with E-state index < -0.39 is 0 Å². The molecule has 3 aromatic carbocycles. The van der Waals surface area contributed by atoms with Gasteiger partial charge in [-0.05, 0) is 42.2 Å². The lowest BCUT2D eigenvalue weighted by atomic mass is 10.1. The summed E-state index contributed by atoms with van der Waals surface area (Å²) in [5.74, 6) is 0.881. The number of hydrogen-bond donors (Lipinski definition) is 2. The molecular formula is C24H28N2O. The van der Waals surface area contributed by atoms with Crippen LogP contribution in [0.3, 0.4) is 0 Å². The van der Waals surface area contributed by atoms with Crippen LogP contribution in [0.2, 0.25) is 0 Å². The van der Waals surface area contributed by atoms with E-state index in [0.29, 0.717) is 6.61 Å². The van der Waals surface area contributed by atoms with Gasteiger partial charge in [-0.2, -0.15) is 0 Å². The largest absolute Gasteiger partial charge is 0.487 e. The Morgan fingerprint density at radius 1 is 0.778 bits per heavy atom. The number of rotatable bonds is 9. The molecule has 0 aliphatic rings. The van der Waals surface area contributed by atoms with Crippen LogP contribution in [-0.4, -0.2) is 13.1 Å². The maximum absolute atomic E-state index is 6.01. The third-order valence-corrected chi connectivity index (χ3v) is 4.61. The molecule has 0 aliphatic heterocycles. The van der Waals surface area contributed by atoms with E-state index in [9.17, 15) is 0 Å². The highest BCUT2D eigenvalue weighted by atomic mass is 16.5. The molecule has 0 heterocycles. The van der Waals surface area contributed by atoms with Gasteiger partial charge >= 0.3 is 0 Å². The summed E-state index contributed by atoms with van der Waals surface area (Å²) >= 11 is 0. The topological polar surface area (TPSA) is 33.3 Å². The molecule has 27 heavy (non-hydrogen) atoms. The first kappa shape index (κ1) is 18.8. The molecule has 3 heteroatoms. The quantitative estimate of drug-likeness (QED) is 0.483. The van der Waals surface area contributed by atoms with E-state index in [1.165, 1.54) is 22.4 Å². The number of anilines is 2. The summed E-state index contributed by atoms with van der Waals surface area (Å²) in [7, 11) is 0. The van der Waals surface area contributed by atoms with Gasteiger partial charge in [0.2, 0.25) is 0 Å². The van der Waals surface area contributed by atoms with Crippen molar-refractivity contribution in [3.05, 3.63) is 89.5 Å². The summed E-state index contributed by atoms with van der Waals surface area (Å²) in [5.41, 5.74) is 6.11. The monoisotopic (exact) mass is 360 g/mol. The van der Waals surface area contributed by atoms with Crippen molar-refractivity contribution in [3.63, 3.8) is 0 Å². The Morgan fingerprint density at radius 2 is 1.52 bits per heavy atom.